The van der Waals surface area contributed by atoms with Crippen molar-refractivity contribution in [3.8, 4) is 5.75 Å². The topological polar surface area (TPSA) is 66.0 Å². The maximum absolute atomic E-state index is 11.8. The molecule has 4 heteroatoms. The number of H-pyrrole nitrogens is 1. The minimum absolute atomic E-state index is 0.00111. The number of aromatic hydroxyl groups is 1. The van der Waals surface area contributed by atoms with E-state index in [2.05, 4.69) is 10.2 Å². The molecule has 0 radical (unpaired) electrons. The molecule has 0 aliphatic rings. The van der Waals surface area contributed by atoms with Crippen LogP contribution in [0.3, 0.4) is 0 Å². The van der Waals surface area contributed by atoms with Crippen molar-refractivity contribution in [3.05, 3.63) is 47.3 Å². The third kappa shape index (κ3) is 1.74. The Kier molecular flexibility index (Phi) is 2.25. The molecule has 76 valence electrons. The van der Waals surface area contributed by atoms with Crippen LogP contribution in [0.1, 0.15) is 21.5 Å². The molecule has 0 unspecified atom stereocenters. The van der Waals surface area contributed by atoms with Crippen molar-refractivity contribution in [3.63, 3.8) is 0 Å². The van der Waals surface area contributed by atoms with Gasteiger partial charge >= 0.3 is 0 Å². The molecule has 1 aromatic heterocycles. The molecule has 0 spiro atoms. The molecule has 1 heterocycles. The second-order valence-electron chi connectivity index (χ2n) is 3.34. The van der Waals surface area contributed by atoms with Crippen molar-refractivity contribution in [2.24, 2.45) is 0 Å². The van der Waals surface area contributed by atoms with Crippen LogP contribution in [0, 0.1) is 6.92 Å². The Bertz CT molecular complexity index is 489. The van der Waals surface area contributed by atoms with Crippen LogP contribution in [0.15, 0.2) is 30.6 Å². The number of aromatic nitrogens is 2. The fourth-order valence-corrected chi connectivity index (χ4v) is 1.36. The van der Waals surface area contributed by atoms with Gasteiger partial charge in [0.2, 0.25) is 0 Å². The van der Waals surface area contributed by atoms with Gasteiger partial charge in [-0.25, -0.2) is 0 Å². The number of phenols is 1. The van der Waals surface area contributed by atoms with E-state index in [1.54, 1.807) is 18.2 Å². The van der Waals surface area contributed by atoms with Crippen molar-refractivity contribution >= 4 is 5.78 Å². The maximum Gasteiger partial charge on any atom is 0.199 e. The number of benzene rings is 1. The summed E-state index contributed by atoms with van der Waals surface area (Å²) in [6, 6.07) is 4.96. The molecule has 2 rings (SSSR count). The predicted octanol–water partition coefficient (Wildman–Crippen LogP) is 1.65. The summed E-state index contributed by atoms with van der Waals surface area (Å²) in [7, 11) is 0. The summed E-state index contributed by atoms with van der Waals surface area (Å²) in [6.45, 7) is 1.85. The highest BCUT2D eigenvalue weighted by Gasteiger charge is 2.13. The number of nitrogens with one attached hydrogen (secondary N) is 1. The molecule has 15 heavy (non-hydrogen) atoms. The van der Waals surface area contributed by atoms with Gasteiger partial charge in [0.15, 0.2) is 5.78 Å². The zero-order chi connectivity index (χ0) is 10.8. The predicted molar refractivity (Wildman–Crippen MR) is 54.9 cm³/mol. The van der Waals surface area contributed by atoms with Gasteiger partial charge in [0.25, 0.3) is 0 Å². The van der Waals surface area contributed by atoms with Crippen LogP contribution in [0.25, 0.3) is 0 Å². The number of rotatable bonds is 2. The molecular weight excluding hydrogens is 192 g/mol. The summed E-state index contributed by atoms with van der Waals surface area (Å²) in [5, 5.41) is 15.9. The van der Waals surface area contributed by atoms with E-state index in [0.717, 1.165) is 5.56 Å². The van der Waals surface area contributed by atoms with Gasteiger partial charge in [-0.05, 0) is 24.6 Å². The molecule has 0 saturated heterocycles. The van der Waals surface area contributed by atoms with E-state index in [9.17, 15) is 9.90 Å². The normalized spacial score (nSPS) is 10.2. The fourth-order valence-electron chi connectivity index (χ4n) is 1.36. The lowest BCUT2D eigenvalue weighted by Crippen LogP contribution is -2.00. The smallest absolute Gasteiger partial charge is 0.199 e. The Balaban J connectivity index is 2.42. The van der Waals surface area contributed by atoms with E-state index in [1.165, 1.54) is 12.4 Å². The lowest BCUT2D eigenvalue weighted by Gasteiger charge is -2.02. The zero-order valence-electron chi connectivity index (χ0n) is 8.19. The highest BCUT2D eigenvalue weighted by molar-refractivity contribution is 6.10. The van der Waals surface area contributed by atoms with Gasteiger partial charge in [0.1, 0.15) is 5.75 Å². The molecule has 0 aliphatic heterocycles. The van der Waals surface area contributed by atoms with Crippen LogP contribution in [-0.4, -0.2) is 21.1 Å². The maximum atomic E-state index is 11.8. The number of carbonyl (C=O) groups excluding carboxylic acids is 1. The summed E-state index contributed by atoms with van der Waals surface area (Å²) in [4.78, 5) is 11.8. The van der Waals surface area contributed by atoms with Crippen molar-refractivity contribution in [1.29, 1.82) is 0 Å². The number of carbonyl (C=O) groups is 1. The van der Waals surface area contributed by atoms with Gasteiger partial charge < -0.3 is 5.11 Å². The minimum Gasteiger partial charge on any atom is -0.507 e. The molecule has 0 saturated carbocycles. The molecule has 1 aromatic carbocycles. The van der Waals surface area contributed by atoms with E-state index >= 15 is 0 Å². The van der Waals surface area contributed by atoms with Gasteiger partial charge in [0.05, 0.1) is 17.3 Å². The van der Waals surface area contributed by atoms with Crippen LogP contribution in [0.5, 0.6) is 5.75 Å². The Morgan fingerprint density at radius 2 is 2.27 bits per heavy atom. The average molecular weight is 202 g/mol. The number of aryl methyl sites for hydroxylation is 1. The second kappa shape index (κ2) is 3.57. The van der Waals surface area contributed by atoms with E-state index in [0.29, 0.717) is 11.1 Å². The van der Waals surface area contributed by atoms with Crippen molar-refractivity contribution in [2.45, 2.75) is 6.92 Å². The fraction of sp³-hybridized carbons (Fsp3) is 0.0909. The molecular formula is C11H10N2O2. The van der Waals surface area contributed by atoms with Crippen LogP contribution >= 0.6 is 0 Å². The summed E-state index contributed by atoms with van der Waals surface area (Å²) in [5.74, 6) is -0.234. The number of ketones is 1. The standard InChI is InChI=1S/C11H10N2O2/c1-7-2-3-9(10(14)4-7)11(15)8-5-12-13-6-8/h2-6,14H,1H3,(H,12,13). The van der Waals surface area contributed by atoms with Gasteiger partial charge in [-0.15, -0.1) is 0 Å². The van der Waals surface area contributed by atoms with Crippen molar-refractivity contribution in [2.75, 3.05) is 0 Å². The van der Waals surface area contributed by atoms with E-state index < -0.39 is 0 Å². The summed E-state index contributed by atoms with van der Waals surface area (Å²) >= 11 is 0. The van der Waals surface area contributed by atoms with Gasteiger partial charge in [-0.1, -0.05) is 6.07 Å². The third-order valence-corrected chi connectivity index (χ3v) is 2.16. The Hall–Kier alpha value is -2.10. The average Bonchev–Trinajstić information content (AvgIpc) is 2.69. The first-order chi connectivity index (χ1) is 7.18. The first-order valence-electron chi connectivity index (χ1n) is 4.51. The largest absolute Gasteiger partial charge is 0.507 e. The van der Waals surface area contributed by atoms with E-state index in [-0.39, 0.29) is 11.5 Å². The lowest BCUT2D eigenvalue weighted by molar-refractivity contribution is 0.103. The number of nitrogens with zero attached hydrogens (tertiary/aromatic N) is 1. The molecule has 4 nitrogen and oxygen atoms in total. The quantitative estimate of drug-likeness (QED) is 0.728. The Morgan fingerprint density at radius 1 is 1.47 bits per heavy atom. The van der Waals surface area contributed by atoms with Crippen molar-refractivity contribution in [1.82, 2.24) is 10.2 Å². The highest BCUT2D eigenvalue weighted by atomic mass is 16.3. The number of hydrogen-bond acceptors (Lipinski definition) is 3. The van der Waals surface area contributed by atoms with Crippen LogP contribution in [0.4, 0.5) is 0 Å². The van der Waals surface area contributed by atoms with Gasteiger partial charge in [-0.3, -0.25) is 9.89 Å². The molecule has 0 aliphatic carbocycles. The van der Waals surface area contributed by atoms with E-state index in [1.807, 2.05) is 6.92 Å². The highest BCUT2D eigenvalue weighted by Crippen LogP contribution is 2.21. The minimum atomic E-state index is -0.235. The van der Waals surface area contributed by atoms with Gasteiger partial charge in [-0.2, -0.15) is 5.10 Å². The Morgan fingerprint density at radius 3 is 2.87 bits per heavy atom. The zero-order valence-corrected chi connectivity index (χ0v) is 8.19. The SMILES string of the molecule is Cc1ccc(C(=O)c2cn[nH]c2)c(O)c1. The lowest BCUT2D eigenvalue weighted by atomic mass is 10.0. The summed E-state index contributed by atoms with van der Waals surface area (Å²) in [6.07, 6.45) is 2.93. The molecule has 2 N–H and O–H groups in total. The van der Waals surface area contributed by atoms with Crippen molar-refractivity contribution < 1.29 is 9.90 Å². The van der Waals surface area contributed by atoms with E-state index in [4.69, 9.17) is 0 Å². The molecule has 0 fully saturated rings. The number of aromatic amines is 1. The van der Waals surface area contributed by atoms with Gasteiger partial charge in [0, 0.05) is 6.20 Å². The number of phenolic OH excluding ortho intramolecular Hbond substituents is 1. The second-order valence-corrected chi connectivity index (χ2v) is 3.34. The van der Waals surface area contributed by atoms with Crippen LogP contribution < -0.4 is 0 Å². The molecule has 0 amide bonds. The molecule has 0 atom stereocenters. The van der Waals surface area contributed by atoms with Crippen LogP contribution in [-0.2, 0) is 0 Å². The first-order valence-corrected chi connectivity index (χ1v) is 4.51. The summed E-state index contributed by atoms with van der Waals surface area (Å²) < 4.78 is 0. The van der Waals surface area contributed by atoms with Crippen LogP contribution in [0.2, 0.25) is 0 Å². The Labute approximate surface area is 86.6 Å². The molecule has 0 bridgehead atoms. The first kappa shape index (κ1) is 9.45. The number of hydrogen-bond donors (Lipinski definition) is 2. The summed E-state index contributed by atoms with van der Waals surface area (Å²) in [5.41, 5.74) is 1.65. The molecule has 2 aromatic rings. The monoisotopic (exact) mass is 202 g/mol. The third-order valence-electron chi connectivity index (χ3n) is 2.16.